The summed E-state index contributed by atoms with van der Waals surface area (Å²) in [6.07, 6.45) is 6.85. The zero-order valence-electron chi connectivity index (χ0n) is 15.1. The van der Waals surface area contributed by atoms with Gasteiger partial charge in [-0.1, -0.05) is 6.07 Å². The molecule has 2 aromatic rings. The molecule has 0 saturated carbocycles. The maximum atomic E-state index is 12.7. The number of nitrogens with zero attached hydrogens (tertiary/aromatic N) is 3. The van der Waals surface area contributed by atoms with Crippen LogP contribution in [0.5, 0.6) is 17.4 Å². The predicted molar refractivity (Wildman–Crippen MR) is 95.5 cm³/mol. The molecule has 0 radical (unpaired) electrons. The number of benzene rings is 1. The summed E-state index contributed by atoms with van der Waals surface area (Å²) in [5.41, 5.74) is 0.893. The van der Waals surface area contributed by atoms with Gasteiger partial charge in [0.05, 0.1) is 33.4 Å². The molecule has 1 saturated heterocycles. The van der Waals surface area contributed by atoms with Crippen LogP contribution >= 0.6 is 0 Å². The lowest BCUT2D eigenvalue weighted by molar-refractivity contribution is -0.133. The van der Waals surface area contributed by atoms with Gasteiger partial charge in [-0.15, -0.1) is 0 Å². The van der Waals surface area contributed by atoms with Gasteiger partial charge in [0.1, 0.15) is 6.10 Å². The van der Waals surface area contributed by atoms with E-state index in [4.69, 9.17) is 14.2 Å². The number of methoxy groups -OCH3 is 2. The number of carbonyl (C=O) groups is 1. The topological polar surface area (TPSA) is 73.8 Å². The molecule has 1 atom stereocenters. The van der Waals surface area contributed by atoms with Gasteiger partial charge in [-0.25, -0.2) is 4.98 Å². The molecule has 1 aliphatic heterocycles. The lowest BCUT2D eigenvalue weighted by Gasteiger charge is -2.32. The molecule has 7 heteroatoms. The van der Waals surface area contributed by atoms with Crippen LogP contribution in [0.2, 0.25) is 0 Å². The van der Waals surface area contributed by atoms with Crippen molar-refractivity contribution in [2.45, 2.75) is 25.4 Å². The van der Waals surface area contributed by atoms with Crippen molar-refractivity contribution in [1.29, 1.82) is 0 Å². The predicted octanol–water partition coefficient (Wildman–Crippen LogP) is 2.11. The average molecular weight is 357 g/mol. The van der Waals surface area contributed by atoms with Gasteiger partial charge in [0, 0.05) is 18.9 Å². The summed E-state index contributed by atoms with van der Waals surface area (Å²) in [7, 11) is 3.18. The fourth-order valence-corrected chi connectivity index (χ4v) is 3.05. The minimum Gasteiger partial charge on any atom is -0.493 e. The van der Waals surface area contributed by atoms with E-state index < -0.39 is 0 Å². The van der Waals surface area contributed by atoms with E-state index in [1.165, 1.54) is 0 Å². The van der Waals surface area contributed by atoms with Crippen molar-refractivity contribution in [1.82, 2.24) is 14.9 Å². The number of hydrogen-bond donors (Lipinski definition) is 0. The van der Waals surface area contributed by atoms with E-state index in [0.717, 1.165) is 24.9 Å². The molecule has 2 heterocycles. The zero-order chi connectivity index (χ0) is 18.4. The van der Waals surface area contributed by atoms with Gasteiger partial charge in [0.2, 0.25) is 11.8 Å². The van der Waals surface area contributed by atoms with Crippen molar-refractivity contribution in [2.24, 2.45) is 0 Å². The molecule has 1 fully saturated rings. The molecule has 0 aliphatic carbocycles. The Labute approximate surface area is 152 Å². The maximum absolute atomic E-state index is 12.7. The first kappa shape index (κ1) is 18.0. The highest BCUT2D eigenvalue weighted by Crippen LogP contribution is 2.28. The SMILES string of the molecule is COc1ccc(CC(=O)N2CCCC(Oc3cnccn3)C2)cc1OC. The summed E-state index contributed by atoms with van der Waals surface area (Å²) >= 11 is 0. The second-order valence-corrected chi connectivity index (χ2v) is 6.13. The standard InChI is InChI=1S/C19H23N3O4/c1-24-16-6-5-14(10-17(16)25-2)11-19(23)22-9-3-4-15(13-22)26-18-12-20-7-8-21-18/h5-8,10,12,15H,3-4,9,11,13H2,1-2H3. The number of hydrogen-bond acceptors (Lipinski definition) is 6. The monoisotopic (exact) mass is 357 g/mol. The molecule has 1 aliphatic rings. The van der Waals surface area contributed by atoms with E-state index >= 15 is 0 Å². The molecule has 0 bridgehead atoms. The third-order valence-electron chi connectivity index (χ3n) is 4.36. The van der Waals surface area contributed by atoms with Crippen molar-refractivity contribution < 1.29 is 19.0 Å². The van der Waals surface area contributed by atoms with Crippen LogP contribution in [0, 0.1) is 0 Å². The molecule has 1 amide bonds. The molecule has 3 rings (SSSR count). The number of piperidine rings is 1. The van der Waals surface area contributed by atoms with Crippen molar-refractivity contribution in [3.63, 3.8) is 0 Å². The van der Waals surface area contributed by atoms with Crippen molar-refractivity contribution in [3.8, 4) is 17.4 Å². The molecule has 138 valence electrons. The molecule has 1 unspecified atom stereocenters. The molecule has 26 heavy (non-hydrogen) atoms. The first-order chi connectivity index (χ1) is 12.7. The van der Waals surface area contributed by atoms with Gasteiger partial charge in [-0.05, 0) is 30.5 Å². The smallest absolute Gasteiger partial charge is 0.232 e. The molecule has 1 aromatic heterocycles. The van der Waals surface area contributed by atoms with Crippen molar-refractivity contribution >= 4 is 5.91 Å². The summed E-state index contributed by atoms with van der Waals surface area (Å²) in [5, 5.41) is 0. The second kappa shape index (κ2) is 8.51. The van der Waals surface area contributed by atoms with E-state index in [9.17, 15) is 4.79 Å². The van der Waals surface area contributed by atoms with Crippen LogP contribution in [0.15, 0.2) is 36.8 Å². The van der Waals surface area contributed by atoms with Crippen LogP contribution in [0.1, 0.15) is 18.4 Å². The van der Waals surface area contributed by atoms with Gasteiger partial charge in [-0.2, -0.15) is 0 Å². The lowest BCUT2D eigenvalue weighted by atomic mass is 10.1. The minimum atomic E-state index is -0.0604. The van der Waals surface area contributed by atoms with E-state index in [2.05, 4.69) is 9.97 Å². The number of ether oxygens (including phenoxy) is 3. The number of rotatable bonds is 6. The van der Waals surface area contributed by atoms with Gasteiger partial charge in [-0.3, -0.25) is 9.78 Å². The molecule has 7 nitrogen and oxygen atoms in total. The first-order valence-corrected chi connectivity index (χ1v) is 8.61. The summed E-state index contributed by atoms with van der Waals surface area (Å²) in [5.74, 6) is 1.84. The summed E-state index contributed by atoms with van der Waals surface area (Å²) in [6.45, 7) is 1.30. The Morgan fingerprint density at radius 1 is 1.23 bits per heavy atom. The fraction of sp³-hybridized carbons (Fsp3) is 0.421. The van der Waals surface area contributed by atoms with Crippen LogP contribution in [0.3, 0.4) is 0 Å². The Morgan fingerprint density at radius 3 is 2.81 bits per heavy atom. The van der Waals surface area contributed by atoms with Crippen molar-refractivity contribution in [2.75, 3.05) is 27.3 Å². The van der Waals surface area contributed by atoms with Gasteiger partial charge in [0.25, 0.3) is 0 Å². The second-order valence-electron chi connectivity index (χ2n) is 6.13. The summed E-state index contributed by atoms with van der Waals surface area (Å²) in [4.78, 5) is 22.7. The Morgan fingerprint density at radius 2 is 2.08 bits per heavy atom. The number of amides is 1. The Kier molecular flexibility index (Phi) is 5.88. The number of carbonyl (C=O) groups excluding carboxylic acids is 1. The number of likely N-dealkylation sites (tertiary alicyclic amines) is 1. The van der Waals surface area contributed by atoms with Gasteiger partial charge < -0.3 is 19.1 Å². The van der Waals surface area contributed by atoms with Crippen LogP contribution in [-0.2, 0) is 11.2 Å². The van der Waals surface area contributed by atoms with E-state index in [-0.39, 0.29) is 12.0 Å². The minimum absolute atomic E-state index is 0.0604. The highest BCUT2D eigenvalue weighted by molar-refractivity contribution is 5.79. The van der Waals surface area contributed by atoms with Gasteiger partial charge >= 0.3 is 0 Å². The largest absolute Gasteiger partial charge is 0.493 e. The van der Waals surface area contributed by atoms with Crippen LogP contribution in [0.4, 0.5) is 0 Å². The van der Waals surface area contributed by atoms with Crippen LogP contribution in [0.25, 0.3) is 0 Å². The van der Waals surface area contributed by atoms with E-state index in [1.807, 2.05) is 23.1 Å². The van der Waals surface area contributed by atoms with E-state index in [1.54, 1.807) is 32.8 Å². The Balaban J connectivity index is 1.60. The molecular formula is C19H23N3O4. The third kappa shape index (κ3) is 4.41. The molecular weight excluding hydrogens is 334 g/mol. The third-order valence-corrected chi connectivity index (χ3v) is 4.36. The summed E-state index contributed by atoms with van der Waals surface area (Å²) in [6, 6.07) is 5.54. The first-order valence-electron chi connectivity index (χ1n) is 8.61. The van der Waals surface area contributed by atoms with Gasteiger partial charge in [0.15, 0.2) is 11.5 Å². The Bertz CT molecular complexity index is 739. The molecule has 0 N–H and O–H groups in total. The van der Waals surface area contributed by atoms with Crippen molar-refractivity contribution in [3.05, 3.63) is 42.4 Å². The average Bonchev–Trinajstić information content (AvgIpc) is 2.69. The lowest BCUT2D eigenvalue weighted by Crippen LogP contribution is -2.45. The Hall–Kier alpha value is -2.83. The maximum Gasteiger partial charge on any atom is 0.232 e. The van der Waals surface area contributed by atoms with Crippen LogP contribution in [-0.4, -0.2) is 54.2 Å². The summed E-state index contributed by atoms with van der Waals surface area (Å²) < 4.78 is 16.4. The van der Waals surface area contributed by atoms with Crippen LogP contribution < -0.4 is 14.2 Å². The normalized spacial score (nSPS) is 16.8. The zero-order valence-corrected chi connectivity index (χ0v) is 15.1. The quantitative estimate of drug-likeness (QED) is 0.788. The molecule has 0 spiro atoms. The number of aromatic nitrogens is 2. The van der Waals surface area contributed by atoms with E-state index in [0.29, 0.717) is 30.3 Å². The fourth-order valence-electron chi connectivity index (χ4n) is 3.05. The molecule has 1 aromatic carbocycles. The highest BCUT2D eigenvalue weighted by Gasteiger charge is 2.25. The highest BCUT2D eigenvalue weighted by atomic mass is 16.5.